The largest absolute Gasteiger partial charge is 0.467 e. The van der Waals surface area contributed by atoms with Gasteiger partial charge in [0.2, 0.25) is 0 Å². The quantitative estimate of drug-likeness (QED) is 0.762. The van der Waals surface area contributed by atoms with Crippen LogP contribution >= 0.6 is 11.6 Å². The zero-order valence-corrected chi connectivity index (χ0v) is 10.5. The summed E-state index contributed by atoms with van der Waals surface area (Å²) in [6.07, 6.45) is 5.29. The van der Waals surface area contributed by atoms with Crippen molar-refractivity contribution in [1.82, 2.24) is 4.98 Å². The molecule has 0 aliphatic rings. The molecule has 0 spiro atoms. The van der Waals surface area contributed by atoms with Crippen LogP contribution < -0.4 is 4.90 Å². The molecule has 2 heterocycles. The van der Waals surface area contributed by atoms with Crippen molar-refractivity contribution in [2.75, 3.05) is 11.4 Å². The molecule has 0 unspecified atom stereocenters. The Hall–Kier alpha value is -1.48. The summed E-state index contributed by atoms with van der Waals surface area (Å²) in [4.78, 5) is 6.32. The summed E-state index contributed by atoms with van der Waals surface area (Å²) in [6.45, 7) is 3.76. The van der Waals surface area contributed by atoms with E-state index in [1.165, 1.54) is 0 Å². The Morgan fingerprint density at radius 3 is 2.94 bits per heavy atom. The van der Waals surface area contributed by atoms with Gasteiger partial charge in [-0.2, -0.15) is 0 Å². The number of nitrogens with zero attached hydrogens (tertiary/aromatic N) is 2. The first-order valence-electron chi connectivity index (χ1n) is 5.61. The molecule has 0 aliphatic heterocycles. The van der Waals surface area contributed by atoms with Crippen molar-refractivity contribution < 1.29 is 4.42 Å². The average Bonchev–Trinajstić information content (AvgIpc) is 2.89. The lowest BCUT2D eigenvalue weighted by Crippen LogP contribution is -2.22. The molecule has 2 aromatic rings. The van der Waals surface area contributed by atoms with Crippen LogP contribution in [0.15, 0.2) is 41.3 Å². The van der Waals surface area contributed by atoms with E-state index in [4.69, 9.17) is 16.0 Å². The molecule has 0 N–H and O–H groups in total. The fraction of sp³-hybridized carbons (Fsp3) is 0.308. The molecular weight excluding hydrogens is 236 g/mol. The molecule has 0 saturated carbocycles. The summed E-state index contributed by atoms with van der Waals surface area (Å²) in [6, 6.07) is 5.87. The first-order chi connectivity index (χ1) is 8.35. The van der Waals surface area contributed by atoms with Gasteiger partial charge in [0.15, 0.2) is 0 Å². The highest BCUT2D eigenvalue weighted by atomic mass is 35.5. The Labute approximate surface area is 106 Å². The van der Waals surface area contributed by atoms with Gasteiger partial charge in [-0.15, -0.1) is 11.6 Å². The fourth-order valence-corrected chi connectivity index (χ4v) is 2.00. The van der Waals surface area contributed by atoms with Crippen molar-refractivity contribution in [3.8, 4) is 0 Å². The lowest BCUT2D eigenvalue weighted by atomic mass is 10.2. The van der Waals surface area contributed by atoms with Crippen molar-refractivity contribution >= 4 is 17.3 Å². The number of furan rings is 1. The lowest BCUT2D eigenvalue weighted by Gasteiger charge is -2.23. The van der Waals surface area contributed by atoms with E-state index in [-0.39, 0.29) is 0 Å². The molecule has 0 radical (unpaired) electrons. The third-order valence-electron chi connectivity index (χ3n) is 2.67. The van der Waals surface area contributed by atoms with Crippen LogP contribution in [0.25, 0.3) is 0 Å². The molecule has 17 heavy (non-hydrogen) atoms. The smallest absolute Gasteiger partial charge is 0.123 e. The highest BCUT2D eigenvalue weighted by Gasteiger charge is 2.10. The maximum atomic E-state index is 5.92. The molecule has 0 aliphatic carbocycles. The van der Waals surface area contributed by atoms with Gasteiger partial charge in [0.05, 0.1) is 18.7 Å². The van der Waals surface area contributed by atoms with Crippen LogP contribution in [0.4, 0.5) is 5.69 Å². The Bertz CT molecular complexity index is 456. The van der Waals surface area contributed by atoms with Crippen molar-refractivity contribution in [2.24, 2.45) is 0 Å². The van der Waals surface area contributed by atoms with Crippen molar-refractivity contribution in [1.29, 1.82) is 0 Å². The topological polar surface area (TPSA) is 29.3 Å². The Morgan fingerprint density at radius 1 is 1.41 bits per heavy atom. The van der Waals surface area contributed by atoms with Gasteiger partial charge in [-0.1, -0.05) is 0 Å². The predicted molar refractivity (Wildman–Crippen MR) is 69.2 cm³/mol. The summed E-state index contributed by atoms with van der Waals surface area (Å²) < 4.78 is 5.37. The monoisotopic (exact) mass is 250 g/mol. The van der Waals surface area contributed by atoms with Crippen LogP contribution in [0.5, 0.6) is 0 Å². The number of rotatable bonds is 5. The van der Waals surface area contributed by atoms with Crippen LogP contribution in [0.3, 0.4) is 0 Å². The first-order valence-corrected chi connectivity index (χ1v) is 6.14. The van der Waals surface area contributed by atoms with Gasteiger partial charge < -0.3 is 9.32 Å². The van der Waals surface area contributed by atoms with Gasteiger partial charge in [-0.05, 0) is 25.1 Å². The lowest BCUT2D eigenvalue weighted by molar-refractivity contribution is 0.503. The Kier molecular flexibility index (Phi) is 4.04. The van der Waals surface area contributed by atoms with Crippen LogP contribution in [0.2, 0.25) is 0 Å². The van der Waals surface area contributed by atoms with E-state index < -0.39 is 0 Å². The van der Waals surface area contributed by atoms with Crippen LogP contribution in [0, 0.1) is 0 Å². The number of aromatic nitrogens is 1. The SMILES string of the molecule is CCN(Cc1ccco1)c1ccncc1CCl. The molecule has 2 rings (SSSR count). The van der Waals surface area contributed by atoms with Crippen molar-refractivity contribution in [3.05, 3.63) is 48.2 Å². The van der Waals surface area contributed by atoms with Crippen LogP contribution in [-0.2, 0) is 12.4 Å². The molecule has 3 nitrogen and oxygen atoms in total. The van der Waals surface area contributed by atoms with E-state index in [1.54, 1.807) is 12.5 Å². The molecule has 0 aromatic carbocycles. The molecule has 0 bridgehead atoms. The number of hydrogen-bond acceptors (Lipinski definition) is 3. The molecule has 0 amide bonds. The van der Waals surface area contributed by atoms with E-state index in [9.17, 15) is 0 Å². The molecular formula is C13H15ClN2O. The molecule has 0 saturated heterocycles. The van der Waals surface area contributed by atoms with Gasteiger partial charge >= 0.3 is 0 Å². The molecule has 0 atom stereocenters. The predicted octanol–water partition coefficient (Wildman–Crippen LogP) is 3.44. The maximum Gasteiger partial charge on any atom is 0.123 e. The van der Waals surface area contributed by atoms with Gasteiger partial charge in [-0.3, -0.25) is 4.98 Å². The van der Waals surface area contributed by atoms with E-state index in [0.717, 1.165) is 30.1 Å². The number of halogens is 1. The van der Waals surface area contributed by atoms with Gasteiger partial charge in [0.1, 0.15) is 5.76 Å². The van der Waals surface area contributed by atoms with Crippen molar-refractivity contribution in [3.63, 3.8) is 0 Å². The first kappa shape index (κ1) is 12.0. The number of pyridine rings is 1. The van der Waals surface area contributed by atoms with E-state index >= 15 is 0 Å². The van der Waals surface area contributed by atoms with Crippen molar-refractivity contribution in [2.45, 2.75) is 19.3 Å². The summed E-state index contributed by atoms with van der Waals surface area (Å²) in [5, 5.41) is 0. The Balaban J connectivity index is 2.22. The third kappa shape index (κ3) is 2.80. The number of alkyl halides is 1. The van der Waals surface area contributed by atoms with Crippen LogP contribution in [0.1, 0.15) is 18.2 Å². The van der Waals surface area contributed by atoms with Gasteiger partial charge in [0, 0.05) is 30.2 Å². The fourth-order valence-electron chi connectivity index (χ4n) is 1.79. The van der Waals surface area contributed by atoms with E-state index in [2.05, 4.69) is 16.8 Å². The minimum absolute atomic E-state index is 0.470. The zero-order chi connectivity index (χ0) is 12.1. The summed E-state index contributed by atoms with van der Waals surface area (Å²) in [7, 11) is 0. The van der Waals surface area contributed by atoms with Crippen LogP contribution in [-0.4, -0.2) is 11.5 Å². The second kappa shape index (κ2) is 5.73. The number of hydrogen-bond donors (Lipinski definition) is 0. The molecule has 0 fully saturated rings. The second-order valence-electron chi connectivity index (χ2n) is 3.73. The Morgan fingerprint density at radius 2 is 2.29 bits per heavy atom. The highest BCUT2D eigenvalue weighted by molar-refractivity contribution is 6.17. The van der Waals surface area contributed by atoms with Gasteiger partial charge in [0.25, 0.3) is 0 Å². The minimum Gasteiger partial charge on any atom is -0.467 e. The second-order valence-corrected chi connectivity index (χ2v) is 4.00. The average molecular weight is 251 g/mol. The third-order valence-corrected chi connectivity index (χ3v) is 2.96. The summed E-state index contributed by atoms with van der Waals surface area (Å²) in [5.41, 5.74) is 2.16. The highest BCUT2D eigenvalue weighted by Crippen LogP contribution is 2.22. The molecule has 2 aromatic heterocycles. The maximum absolute atomic E-state index is 5.92. The summed E-state index contributed by atoms with van der Waals surface area (Å²) >= 11 is 5.92. The van der Waals surface area contributed by atoms with E-state index in [0.29, 0.717) is 5.88 Å². The molecule has 90 valence electrons. The minimum atomic E-state index is 0.470. The molecule has 4 heteroatoms. The number of anilines is 1. The standard InChI is InChI=1S/C13H15ClN2O/c1-2-16(10-12-4-3-7-17-12)13-5-6-15-9-11(13)8-14/h3-7,9H,2,8,10H2,1H3. The zero-order valence-electron chi connectivity index (χ0n) is 9.77. The van der Waals surface area contributed by atoms with E-state index in [1.807, 2.05) is 24.4 Å². The van der Waals surface area contributed by atoms with Gasteiger partial charge in [-0.25, -0.2) is 0 Å². The normalized spacial score (nSPS) is 10.5. The summed E-state index contributed by atoms with van der Waals surface area (Å²) in [5.74, 6) is 1.42.